The van der Waals surface area contributed by atoms with Gasteiger partial charge in [-0.2, -0.15) is 0 Å². The van der Waals surface area contributed by atoms with Gasteiger partial charge in [0.1, 0.15) is 17.7 Å². The normalized spacial score (nSPS) is 19.1. The summed E-state index contributed by atoms with van der Waals surface area (Å²) in [6.07, 6.45) is 3.06. The summed E-state index contributed by atoms with van der Waals surface area (Å²) in [6, 6.07) is 6.23. The molecule has 4 rings (SSSR count). The molecule has 1 N–H and O–H groups in total. The molecule has 39 heavy (non-hydrogen) atoms. The molecule has 2 heterocycles. The topological polar surface area (TPSA) is 99.1 Å². The number of halogens is 1. The molecule has 1 saturated heterocycles. The van der Waals surface area contributed by atoms with Gasteiger partial charge < -0.3 is 24.5 Å². The van der Waals surface area contributed by atoms with Gasteiger partial charge in [-0.25, -0.2) is 14.8 Å². The zero-order valence-corrected chi connectivity index (χ0v) is 24.5. The van der Waals surface area contributed by atoms with Gasteiger partial charge in [-0.1, -0.05) is 30.7 Å². The van der Waals surface area contributed by atoms with Crippen LogP contribution in [0, 0.1) is 0 Å². The highest BCUT2D eigenvalue weighted by Gasteiger charge is 2.45. The highest BCUT2D eigenvalue weighted by molar-refractivity contribution is 6.30. The van der Waals surface area contributed by atoms with Crippen LogP contribution in [0.2, 0.25) is 5.02 Å². The van der Waals surface area contributed by atoms with E-state index in [0.29, 0.717) is 42.7 Å². The molecule has 0 spiro atoms. The number of carbonyl (C=O) groups is 2. The zero-order chi connectivity index (χ0) is 28.5. The number of fused-ring (bicyclic) bond motifs is 1. The standard InChI is InChI=1S/C29H40ClN5O4/c1-19(2)35(27(37)39-28(4,5)6)17-29(38,21-8-10-22(30)11-9-21)26(36)34-15-13-33(14-16-34)25-24-20(3)7-12-23(24)31-18-32-25/h8-11,18-20,38H,7,12-17H2,1-6H3. The fourth-order valence-corrected chi connectivity index (χ4v) is 5.42. The SMILES string of the molecule is CC1CCc2ncnc(N3CCN(C(=O)C(O)(CN(C(=O)OC(C)(C)C)C(C)C)c4ccc(Cl)cc4)CC3)c21. The van der Waals surface area contributed by atoms with Crippen LogP contribution in [0.5, 0.6) is 0 Å². The Morgan fingerprint density at radius 3 is 2.36 bits per heavy atom. The molecule has 1 aromatic carbocycles. The molecule has 1 aromatic heterocycles. The predicted octanol–water partition coefficient (Wildman–Crippen LogP) is 4.36. The van der Waals surface area contributed by atoms with Gasteiger partial charge in [-0.3, -0.25) is 4.79 Å². The third kappa shape index (κ3) is 6.30. The molecule has 2 amide bonds. The van der Waals surface area contributed by atoms with E-state index < -0.39 is 23.2 Å². The first-order chi connectivity index (χ1) is 18.3. The summed E-state index contributed by atoms with van der Waals surface area (Å²) < 4.78 is 5.61. The monoisotopic (exact) mass is 557 g/mol. The first-order valence-electron chi connectivity index (χ1n) is 13.7. The molecular formula is C29H40ClN5O4. The van der Waals surface area contributed by atoms with Crippen molar-refractivity contribution >= 4 is 29.4 Å². The molecule has 2 unspecified atom stereocenters. The fraction of sp³-hybridized carbons (Fsp3) is 0.586. The highest BCUT2D eigenvalue weighted by Crippen LogP contribution is 2.37. The number of hydrogen-bond acceptors (Lipinski definition) is 7. The second-order valence-electron chi connectivity index (χ2n) is 11.8. The van der Waals surface area contributed by atoms with Crippen LogP contribution in [0.1, 0.15) is 70.7 Å². The predicted molar refractivity (Wildman–Crippen MR) is 151 cm³/mol. The summed E-state index contributed by atoms with van der Waals surface area (Å²) in [4.78, 5) is 41.5. The van der Waals surface area contributed by atoms with E-state index in [1.165, 1.54) is 10.5 Å². The Hall–Kier alpha value is -2.91. The zero-order valence-electron chi connectivity index (χ0n) is 23.8. The van der Waals surface area contributed by atoms with Crippen LogP contribution in [0.25, 0.3) is 0 Å². The summed E-state index contributed by atoms with van der Waals surface area (Å²) in [5.74, 6) is 0.890. The van der Waals surface area contributed by atoms with E-state index in [0.717, 1.165) is 24.4 Å². The summed E-state index contributed by atoms with van der Waals surface area (Å²) in [7, 11) is 0. The van der Waals surface area contributed by atoms with Gasteiger partial charge in [0.15, 0.2) is 5.60 Å². The van der Waals surface area contributed by atoms with Crippen LogP contribution in [0.4, 0.5) is 10.6 Å². The smallest absolute Gasteiger partial charge is 0.410 e. The third-order valence-corrected chi connectivity index (χ3v) is 7.70. The molecule has 2 atom stereocenters. The van der Waals surface area contributed by atoms with E-state index >= 15 is 0 Å². The van der Waals surface area contributed by atoms with Gasteiger partial charge in [0, 0.05) is 48.5 Å². The molecule has 0 radical (unpaired) electrons. The lowest BCUT2D eigenvalue weighted by atomic mass is 9.90. The molecule has 10 heteroatoms. The molecule has 1 fully saturated rings. The number of anilines is 1. The van der Waals surface area contributed by atoms with Gasteiger partial charge >= 0.3 is 6.09 Å². The van der Waals surface area contributed by atoms with Crippen molar-refractivity contribution in [3.63, 3.8) is 0 Å². The maximum absolute atomic E-state index is 14.1. The second-order valence-corrected chi connectivity index (χ2v) is 12.3. The van der Waals surface area contributed by atoms with Gasteiger partial charge in [0.2, 0.25) is 0 Å². The Kier molecular flexibility index (Phi) is 8.42. The number of aromatic nitrogens is 2. The average molecular weight is 558 g/mol. The number of carbonyl (C=O) groups excluding carboxylic acids is 2. The van der Waals surface area contributed by atoms with E-state index in [9.17, 15) is 14.7 Å². The van der Waals surface area contributed by atoms with E-state index in [1.807, 2.05) is 13.8 Å². The molecule has 1 aliphatic heterocycles. The Labute approximate surface area is 236 Å². The van der Waals surface area contributed by atoms with Crippen molar-refractivity contribution in [3.05, 3.63) is 52.4 Å². The van der Waals surface area contributed by atoms with Gasteiger partial charge in [0.25, 0.3) is 5.91 Å². The lowest BCUT2D eigenvalue weighted by molar-refractivity contribution is -0.155. The van der Waals surface area contributed by atoms with Crippen LogP contribution < -0.4 is 4.90 Å². The number of rotatable bonds is 6. The summed E-state index contributed by atoms with van der Waals surface area (Å²) in [5, 5.41) is 12.6. The van der Waals surface area contributed by atoms with Crippen LogP contribution in [0.3, 0.4) is 0 Å². The molecule has 2 aromatic rings. The lowest BCUT2D eigenvalue weighted by Crippen LogP contribution is -2.59. The molecule has 0 bridgehead atoms. The lowest BCUT2D eigenvalue weighted by Gasteiger charge is -2.42. The number of amides is 2. The number of benzene rings is 1. The van der Waals surface area contributed by atoms with E-state index in [-0.39, 0.29) is 12.6 Å². The fourth-order valence-electron chi connectivity index (χ4n) is 5.29. The van der Waals surface area contributed by atoms with Crippen molar-refractivity contribution < 1.29 is 19.4 Å². The summed E-state index contributed by atoms with van der Waals surface area (Å²) >= 11 is 6.12. The third-order valence-electron chi connectivity index (χ3n) is 7.44. The Morgan fingerprint density at radius 2 is 1.77 bits per heavy atom. The Morgan fingerprint density at radius 1 is 1.13 bits per heavy atom. The molecule has 0 saturated carbocycles. The maximum Gasteiger partial charge on any atom is 0.410 e. The van der Waals surface area contributed by atoms with Crippen molar-refractivity contribution in [2.24, 2.45) is 0 Å². The second kappa shape index (κ2) is 11.3. The van der Waals surface area contributed by atoms with Gasteiger partial charge in [-0.05, 0) is 71.1 Å². The molecule has 1 aliphatic carbocycles. The number of piperazine rings is 1. The summed E-state index contributed by atoms with van der Waals surface area (Å²) in [5.41, 5.74) is -0.0184. The Bertz CT molecular complexity index is 1190. The number of nitrogens with zero attached hydrogens (tertiary/aromatic N) is 5. The Balaban J connectivity index is 1.58. The highest BCUT2D eigenvalue weighted by atomic mass is 35.5. The first kappa shape index (κ1) is 29.1. The molecule has 2 aliphatic rings. The van der Waals surface area contributed by atoms with E-state index in [4.69, 9.17) is 16.3 Å². The van der Waals surface area contributed by atoms with Crippen LogP contribution in [-0.4, -0.2) is 81.2 Å². The quantitative estimate of drug-likeness (QED) is 0.563. The first-order valence-corrected chi connectivity index (χ1v) is 14.0. The summed E-state index contributed by atoms with van der Waals surface area (Å²) in [6.45, 7) is 13.0. The minimum absolute atomic E-state index is 0.253. The van der Waals surface area contributed by atoms with Crippen molar-refractivity contribution in [1.29, 1.82) is 0 Å². The van der Waals surface area contributed by atoms with Crippen LogP contribution in [-0.2, 0) is 21.6 Å². The largest absolute Gasteiger partial charge is 0.444 e. The molecular weight excluding hydrogens is 518 g/mol. The minimum atomic E-state index is -1.99. The van der Waals surface area contributed by atoms with Crippen LogP contribution >= 0.6 is 11.6 Å². The van der Waals surface area contributed by atoms with Crippen molar-refractivity contribution in [3.8, 4) is 0 Å². The number of aliphatic hydroxyl groups is 1. The van der Waals surface area contributed by atoms with Gasteiger partial charge in [0.05, 0.1) is 6.54 Å². The molecule has 9 nitrogen and oxygen atoms in total. The number of hydrogen-bond donors (Lipinski definition) is 1. The average Bonchev–Trinajstić information content (AvgIpc) is 3.27. The van der Waals surface area contributed by atoms with E-state index in [1.54, 1.807) is 56.3 Å². The molecule has 212 valence electrons. The number of aryl methyl sites for hydroxylation is 1. The number of ether oxygens (including phenoxy) is 1. The van der Waals surface area contributed by atoms with Crippen LogP contribution in [0.15, 0.2) is 30.6 Å². The van der Waals surface area contributed by atoms with Crippen molar-refractivity contribution in [2.45, 2.75) is 77.5 Å². The van der Waals surface area contributed by atoms with E-state index in [2.05, 4.69) is 21.8 Å². The van der Waals surface area contributed by atoms with Gasteiger partial charge in [-0.15, -0.1) is 0 Å². The minimum Gasteiger partial charge on any atom is -0.444 e. The van der Waals surface area contributed by atoms with Crippen molar-refractivity contribution in [2.75, 3.05) is 37.6 Å². The maximum atomic E-state index is 14.1. The van der Waals surface area contributed by atoms with Crippen molar-refractivity contribution in [1.82, 2.24) is 19.8 Å².